The topological polar surface area (TPSA) is 183 Å². The average molecular weight is 816 g/mol. The fourth-order valence-electron chi connectivity index (χ4n) is 11.5. The molecule has 3 aliphatic carbocycles. The molecule has 6 aliphatic rings. The Morgan fingerprint density at radius 2 is 1.68 bits per heavy atom. The van der Waals surface area contributed by atoms with Crippen LogP contribution in [0.4, 0.5) is 5.69 Å². The van der Waals surface area contributed by atoms with Crippen molar-refractivity contribution < 1.29 is 49.4 Å². The van der Waals surface area contributed by atoms with E-state index in [4.69, 9.17) is 9.47 Å². The zero-order valence-corrected chi connectivity index (χ0v) is 33.8. The predicted molar refractivity (Wildman–Crippen MR) is 221 cm³/mol. The molecule has 0 radical (unpaired) electrons. The number of carbonyl (C=O) groups excluding carboxylic acids is 3. The Hall–Kier alpha value is -4.99. The molecule has 11 atom stereocenters. The van der Waals surface area contributed by atoms with Crippen LogP contribution in [0.2, 0.25) is 0 Å². The number of aliphatic hydroxyl groups is 4. The van der Waals surface area contributed by atoms with Gasteiger partial charge in [0.25, 0.3) is 0 Å². The minimum absolute atomic E-state index is 0.0288. The van der Waals surface area contributed by atoms with Crippen LogP contribution in [0, 0.1) is 41.4 Å². The molecule has 3 saturated carbocycles. The van der Waals surface area contributed by atoms with Gasteiger partial charge in [-0.3, -0.25) is 9.59 Å². The lowest BCUT2D eigenvalue weighted by molar-refractivity contribution is -0.219. The molecule has 11 nitrogen and oxygen atoms in total. The number of ether oxygens (including phenoxy) is 2. The number of nitrogens with one attached hydrogen (secondary N) is 1. The maximum atomic E-state index is 15.0. The second kappa shape index (κ2) is 16.1. The summed E-state index contributed by atoms with van der Waals surface area (Å²) in [6.07, 6.45) is 2.23. The van der Waals surface area contributed by atoms with Crippen LogP contribution in [0.3, 0.4) is 0 Å². The fourth-order valence-corrected chi connectivity index (χ4v) is 11.5. The highest BCUT2D eigenvalue weighted by Gasteiger charge is 2.62. The third-order valence-electron chi connectivity index (χ3n) is 14.2. The van der Waals surface area contributed by atoms with Gasteiger partial charge in [0.1, 0.15) is 29.0 Å². The Morgan fingerprint density at radius 1 is 0.900 bits per heavy atom. The highest BCUT2D eigenvalue weighted by molar-refractivity contribution is 5.89. The van der Waals surface area contributed by atoms with E-state index in [1.54, 1.807) is 25.1 Å². The molecule has 314 valence electrons. The molecule has 3 aliphatic heterocycles. The first-order valence-electron chi connectivity index (χ1n) is 21.5. The Labute approximate surface area is 349 Å². The van der Waals surface area contributed by atoms with E-state index in [1.807, 2.05) is 30.3 Å². The predicted octanol–water partition coefficient (Wildman–Crippen LogP) is 5.17. The molecule has 3 aromatic carbocycles. The van der Waals surface area contributed by atoms with Gasteiger partial charge < -0.3 is 40.3 Å². The number of phenols is 1. The lowest BCUT2D eigenvalue weighted by atomic mass is 9.46. The van der Waals surface area contributed by atoms with Crippen LogP contribution >= 0.6 is 0 Å². The molecule has 3 heterocycles. The van der Waals surface area contributed by atoms with E-state index in [0.29, 0.717) is 53.6 Å². The first-order valence-corrected chi connectivity index (χ1v) is 21.5. The average Bonchev–Trinajstić information content (AvgIpc) is 3.21. The smallest absolute Gasteiger partial charge is 0.334 e. The Bertz CT molecular complexity index is 2310. The molecule has 6 N–H and O–H groups in total. The van der Waals surface area contributed by atoms with Crippen molar-refractivity contribution in [1.82, 2.24) is 0 Å². The largest absolute Gasteiger partial charge is 0.508 e. The van der Waals surface area contributed by atoms with Gasteiger partial charge in [-0.1, -0.05) is 42.2 Å². The van der Waals surface area contributed by atoms with Crippen molar-refractivity contribution in [3.05, 3.63) is 99.6 Å². The van der Waals surface area contributed by atoms with Crippen LogP contribution in [-0.2, 0) is 45.0 Å². The number of aliphatic hydroxyl groups excluding tert-OH is 3. The van der Waals surface area contributed by atoms with Crippen LogP contribution in [0.5, 0.6) is 11.5 Å². The summed E-state index contributed by atoms with van der Waals surface area (Å²) < 4.78 is 12.2. The fraction of sp³-hybridized carbons (Fsp3) is 0.490. The number of rotatable bonds is 5. The van der Waals surface area contributed by atoms with E-state index >= 15 is 4.79 Å². The van der Waals surface area contributed by atoms with Crippen LogP contribution in [-0.4, -0.2) is 73.7 Å². The number of aromatic hydroxyl groups is 1. The maximum absolute atomic E-state index is 15.0. The van der Waals surface area contributed by atoms with Gasteiger partial charge >= 0.3 is 11.9 Å². The van der Waals surface area contributed by atoms with E-state index < -0.39 is 47.7 Å². The van der Waals surface area contributed by atoms with Crippen molar-refractivity contribution in [3.8, 4) is 23.3 Å². The number of fused-ring (bicyclic) bond motifs is 7. The van der Waals surface area contributed by atoms with Gasteiger partial charge in [0, 0.05) is 60.5 Å². The van der Waals surface area contributed by atoms with E-state index in [0.717, 1.165) is 24.0 Å². The first-order chi connectivity index (χ1) is 28.8. The Balaban J connectivity index is 1.24. The van der Waals surface area contributed by atoms with E-state index in [9.17, 15) is 35.1 Å². The van der Waals surface area contributed by atoms with E-state index in [1.165, 1.54) is 12.1 Å². The molecule has 3 fully saturated rings. The normalized spacial score (nSPS) is 32.6. The molecular weight excluding hydrogens is 763 g/mol. The number of hydrogen-bond acceptors (Lipinski definition) is 11. The SMILES string of the molecule is CC(O)CNc1cc(CO)cc(C2C#CC3CC(=O)Oc4cc(O)c(cc43)CC3OC(=O)C(=CC(O)Cc4cccc(c4)CC4C(=O)CC5CCC6CCC3(O)C5C64)C2)c1. The van der Waals surface area contributed by atoms with Gasteiger partial charge in [-0.2, -0.15) is 0 Å². The summed E-state index contributed by atoms with van der Waals surface area (Å²) in [4.78, 5) is 42.1. The second-order valence-electron chi connectivity index (χ2n) is 18.2. The van der Waals surface area contributed by atoms with Crippen molar-refractivity contribution in [2.75, 3.05) is 11.9 Å². The van der Waals surface area contributed by atoms with Gasteiger partial charge in [-0.25, -0.2) is 4.79 Å². The summed E-state index contributed by atoms with van der Waals surface area (Å²) in [5.74, 6) is 3.61. The molecule has 0 spiro atoms. The minimum atomic E-state index is -1.56. The second-order valence-corrected chi connectivity index (χ2v) is 18.2. The summed E-state index contributed by atoms with van der Waals surface area (Å²) in [6, 6.07) is 16.5. The number of esters is 2. The molecule has 0 saturated heterocycles. The lowest BCUT2D eigenvalue weighted by Gasteiger charge is -2.60. The summed E-state index contributed by atoms with van der Waals surface area (Å²) in [5.41, 5.74) is 3.25. The molecule has 9 rings (SSSR count). The molecule has 0 aromatic heterocycles. The summed E-state index contributed by atoms with van der Waals surface area (Å²) in [5, 5.41) is 60.3. The number of hydrogen-bond donors (Lipinski definition) is 6. The lowest BCUT2D eigenvalue weighted by Crippen LogP contribution is -2.65. The van der Waals surface area contributed by atoms with Gasteiger partial charge in [0.2, 0.25) is 0 Å². The van der Waals surface area contributed by atoms with Gasteiger partial charge in [-0.05, 0) is 121 Å². The van der Waals surface area contributed by atoms with E-state index in [2.05, 4.69) is 17.2 Å². The standard InChI is InChI=1S/C49H53NO10/c1-26(52)24-50-37-13-29(25-51)12-34(17-37)31-6-7-32-22-45(56)59-43-23-41(54)35(19-39(32)43)21-44-49(58)10-9-30-5-8-33-20-42(55)40(46(30)47(33)49)15-28-4-2-3-27(11-28)14-38(53)18-36(16-31)48(57)60-44/h2-4,11-13,17-19,23,26,30-33,38,40,44,46-47,50-54,58H,5,8-10,14-16,20-22,24-25H2,1H3. The first kappa shape index (κ1) is 40.4. The summed E-state index contributed by atoms with van der Waals surface area (Å²) in [6.45, 7) is 1.62. The molecule has 3 aromatic rings. The molecule has 11 unspecified atom stereocenters. The van der Waals surface area contributed by atoms with Gasteiger partial charge in [-0.15, -0.1) is 0 Å². The maximum Gasteiger partial charge on any atom is 0.334 e. The number of phenolic OH excluding ortho intramolecular Hbond substituents is 1. The summed E-state index contributed by atoms with van der Waals surface area (Å²) in [7, 11) is 0. The molecule has 0 amide bonds. The zero-order chi connectivity index (χ0) is 41.9. The Kier molecular flexibility index (Phi) is 10.9. The quantitative estimate of drug-likeness (QED) is 0.114. The molecule has 60 heavy (non-hydrogen) atoms. The van der Waals surface area contributed by atoms with Crippen molar-refractivity contribution in [2.45, 2.75) is 113 Å². The van der Waals surface area contributed by atoms with Crippen molar-refractivity contribution >= 4 is 23.4 Å². The number of Topliss-reactive ketones (excluding diaryl/α,β-unsaturated/α-hetero) is 1. The molecule has 12 bridgehead atoms. The van der Waals surface area contributed by atoms with Crippen LogP contribution in [0.1, 0.15) is 97.1 Å². The van der Waals surface area contributed by atoms with Crippen LogP contribution in [0.25, 0.3) is 0 Å². The molecular formula is C49H53NO10. The minimum Gasteiger partial charge on any atom is -0.508 e. The Morgan fingerprint density at radius 3 is 2.48 bits per heavy atom. The highest BCUT2D eigenvalue weighted by atomic mass is 16.6. The van der Waals surface area contributed by atoms with Crippen molar-refractivity contribution in [3.63, 3.8) is 0 Å². The van der Waals surface area contributed by atoms with Crippen LogP contribution < -0.4 is 10.1 Å². The highest BCUT2D eigenvalue weighted by Crippen LogP contribution is 2.60. The monoisotopic (exact) mass is 815 g/mol. The number of anilines is 1. The molecule has 11 heteroatoms. The van der Waals surface area contributed by atoms with Crippen molar-refractivity contribution in [1.29, 1.82) is 0 Å². The third kappa shape index (κ3) is 7.75. The van der Waals surface area contributed by atoms with Crippen LogP contribution in [0.15, 0.2) is 66.2 Å². The van der Waals surface area contributed by atoms with E-state index in [-0.39, 0.29) is 91.3 Å². The van der Waals surface area contributed by atoms with Crippen molar-refractivity contribution in [2.24, 2.45) is 29.6 Å². The number of carbonyl (C=O) groups is 3. The number of benzene rings is 3. The van der Waals surface area contributed by atoms with Gasteiger partial charge in [0.15, 0.2) is 0 Å². The summed E-state index contributed by atoms with van der Waals surface area (Å²) >= 11 is 0. The van der Waals surface area contributed by atoms with Gasteiger partial charge in [0.05, 0.1) is 31.2 Å². The number of ketones is 1. The zero-order valence-electron chi connectivity index (χ0n) is 33.8. The third-order valence-corrected chi connectivity index (χ3v) is 14.2.